The van der Waals surface area contributed by atoms with Crippen molar-refractivity contribution in [2.24, 2.45) is 5.73 Å². The number of nitrogen functional groups attached to an aromatic ring is 1. The van der Waals surface area contributed by atoms with Crippen molar-refractivity contribution in [3.8, 4) is 5.75 Å². The number of nitrogens with one attached hydrogen (secondary N) is 2. The van der Waals surface area contributed by atoms with Gasteiger partial charge in [-0.3, -0.25) is 15.0 Å². The zero-order chi connectivity index (χ0) is 23.6. The fourth-order valence-corrected chi connectivity index (χ4v) is 2.92. The molecule has 0 spiro atoms. The number of rotatable bonds is 9. The summed E-state index contributed by atoms with van der Waals surface area (Å²) in [6.45, 7) is 0.116. The standard InChI is InChI=1S/C25H23N3O5/c26-24(27)19-11-12-21(20(15-19)23(30)18-9-5-2-6-10-18)33-22(29)13-14-28-25(31)32-16-17-7-3-1-4-8-17/h1-12,15H,13-14,16H2,(H3,26,27)(H,28,31). The first-order chi connectivity index (χ1) is 15.9. The Bertz CT molecular complexity index is 1150. The van der Waals surface area contributed by atoms with E-state index in [1.165, 1.54) is 18.2 Å². The van der Waals surface area contributed by atoms with Gasteiger partial charge in [-0.1, -0.05) is 60.7 Å². The van der Waals surface area contributed by atoms with Gasteiger partial charge in [0, 0.05) is 17.7 Å². The smallest absolute Gasteiger partial charge is 0.407 e. The minimum absolute atomic E-state index is 0.0000487. The minimum atomic E-state index is -0.655. The van der Waals surface area contributed by atoms with Crippen molar-refractivity contribution in [1.82, 2.24) is 5.32 Å². The molecule has 0 fully saturated rings. The number of amidine groups is 1. The first kappa shape index (κ1) is 23.2. The number of nitrogens with two attached hydrogens (primary N) is 1. The van der Waals surface area contributed by atoms with Crippen molar-refractivity contribution in [3.05, 3.63) is 101 Å². The van der Waals surface area contributed by atoms with E-state index >= 15 is 0 Å². The second-order valence-electron chi connectivity index (χ2n) is 7.03. The summed E-state index contributed by atoms with van der Waals surface area (Å²) in [4.78, 5) is 37.0. The minimum Gasteiger partial charge on any atom is -0.445 e. The topological polar surface area (TPSA) is 132 Å². The lowest BCUT2D eigenvalue weighted by Crippen LogP contribution is -2.27. The summed E-state index contributed by atoms with van der Waals surface area (Å²) in [7, 11) is 0. The van der Waals surface area contributed by atoms with Crippen LogP contribution >= 0.6 is 0 Å². The van der Waals surface area contributed by atoms with Crippen molar-refractivity contribution >= 4 is 23.7 Å². The number of alkyl carbamates (subject to hydrolysis) is 1. The maximum Gasteiger partial charge on any atom is 0.407 e. The molecule has 1 amide bonds. The van der Waals surface area contributed by atoms with Crippen LogP contribution in [0.1, 0.15) is 33.5 Å². The van der Waals surface area contributed by atoms with Gasteiger partial charge in [0.15, 0.2) is 5.78 Å². The molecule has 8 heteroatoms. The van der Waals surface area contributed by atoms with Gasteiger partial charge in [-0.15, -0.1) is 0 Å². The molecule has 0 heterocycles. The zero-order valence-electron chi connectivity index (χ0n) is 17.7. The normalized spacial score (nSPS) is 10.2. The fourth-order valence-electron chi connectivity index (χ4n) is 2.92. The Kier molecular flexibility index (Phi) is 7.91. The number of benzene rings is 3. The molecule has 3 aromatic rings. The first-order valence-corrected chi connectivity index (χ1v) is 10.2. The second kappa shape index (κ2) is 11.2. The SMILES string of the molecule is N=C(N)c1ccc(OC(=O)CCNC(=O)OCc2ccccc2)c(C(=O)c2ccccc2)c1. The molecule has 0 aliphatic heterocycles. The van der Waals surface area contributed by atoms with E-state index < -0.39 is 12.1 Å². The van der Waals surface area contributed by atoms with E-state index in [2.05, 4.69) is 5.32 Å². The summed E-state index contributed by atoms with van der Waals surface area (Å²) in [6, 6.07) is 22.0. The zero-order valence-corrected chi connectivity index (χ0v) is 17.7. The molecular formula is C25H23N3O5. The highest BCUT2D eigenvalue weighted by Gasteiger charge is 2.18. The van der Waals surface area contributed by atoms with Crippen LogP contribution in [-0.4, -0.2) is 30.2 Å². The van der Waals surface area contributed by atoms with Gasteiger partial charge >= 0.3 is 12.1 Å². The van der Waals surface area contributed by atoms with Crippen LogP contribution in [0.15, 0.2) is 78.9 Å². The maximum atomic E-state index is 12.9. The average molecular weight is 445 g/mol. The lowest BCUT2D eigenvalue weighted by atomic mass is 10.00. The monoisotopic (exact) mass is 445 g/mol. The molecule has 0 aromatic heterocycles. The average Bonchev–Trinajstić information content (AvgIpc) is 2.83. The molecule has 0 unspecified atom stereocenters. The maximum absolute atomic E-state index is 12.9. The van der Waals surface area contributed by atoms with Crippen LogP contribution in [0.2, 0.25) is 0 Å². The lowest BCUT2D eigenvalue weighted by molar-refractivity contribution is -0.134. The highest BCUT2D eigenvalue weighted by Crippen LogP contribution is 2.24. The second-order valence-corrected chi connectivity index (χ2v) is 7.03. The van der Waals surface area contributed by atoms with E-state index in [-0.39, 0.29) is 42.5 Å². The number of ketones is 1. The Labute approximate surface area is 190 Å². The molecule has 8 nitrogen and oxygen atoms in total. The molecule has 0 aliphatic carbocycles. The van der Waals surface area contributed by atoms with Gasteiger partial charge in [-0.2, -0.15) is 0 Å². The van der Waals surface area contributed by atoms with Gasteiger partial charge in [0.2, 0.25) is 0 Å². The molecular weight excluding hydrogens is 422 g/mol. The van der Waals surface area contributed by atoms with E-state index in [1.807, 2.05) is 30.3 Å². The number of carbonyl (C=O) groups is 3. The van der Waals surface area contributed by atoms with Gasteiger partial charge in [-0.25, -0.2) is 4.79 Å². The lowest BCUT2D eigenvalue weighted by Gasteiger charge is -2.12. The molecule has 3 rings (SSSR count). The van der Waals surface area contributed by atoms with Crippen LogP contribution in [0.4, 0.5) is 4.79 Å². The Hall–Kier alpha value is -4.46. The van der Waals surface area contributed by atoms with E-state index in [0.717, 1.165) is 5.56 Å². The summed E-state index contributed by atoms with van der Waals surface area (Å²) in [5, 5.41) is 10.1. The molecule has 3 aromatic carbocycles. The summed E-state index contributed by atoms with van der Waals surface area (Å²) in [6.07, 6.45) is -0.786. The van der Waals surface area contributed by atoms with Crippen LogP contribution in [0, 0.1) is 5.41 Å². The van der Waals surface area contributed by atoms with Crippen LogP contribution in [0.25, 0.3) is 0 Å². The van der Waals surface area contributed by atoms with Gasteiger partial charge in [0.1, 0.15) is 18.2 Å². The van der Waals surface area contributed by atoms with Gasteiger partial charge in [0.05, 0.1) is 12.0 Å². The molecule has 0 radical (unpaired) electrons. The third-order valence-corrected chi connectivity index (χ3v) is 4.61. The highest BCUT2D eigenvalue weighted by atomic mass is 16.5. The Morgan fingerprint density at radius 3 is 2.21 bits per heavy atom. The van der Waals surface area contributed by atoms with E-state index in [0.29, 0.717) is 11.1 Å². The van der Waals surface area contributed by atoms with E-state index in [4.69, 9.17) is 20.6 Å². The molecule has 168 valence electrons. The molecule has 4 N–H and O–H groups in total. The van der Waals surface area contributed by atoms with Crippen LogP contribution in [-0.2, 0) is 16.1 Å². The summed E-state index contributed by atoms with van der Waals surface area (Å²) >= 11 is 0. The fraction of sp³-hybridized carbons (Fsp3) is 0.120. The summed E-state index contributed by atoms with van der Waals surface area (Å²) < 4.78 is 10.5. The Morgan fingerprint density at radius 2 is 1.55 bits per heavy atom. The van der Waals surface area contributed by atoms with Crippen molar-refractivity contribution in [2.45, 2.75) is 13.0 Å². The molecule has 0 aliphatic rings. The highest BCUT2D eigenvalue weighted by molar-refractivity contribution is 6.12. The molecule has 33 heavy (non-hydrogen) atoms. The van der Waals surface area contributed by atoms with Gasteiger partial charge in [0.25, 0.3) is 0 Å². The predicted molar refractivity (Wildman–Crippen MR) is 122 cm³/mol. The van der Waals surface area contributed by atoms with Gasteiger partial charge in [-0.05, 0) is 23.8 Å². The van der Waals surface area contributed by atoms with Crippen LogP contribution in [0.3, 0.4) is 0 Å². The Balaban J connectivity index is 1.59. The Morgan fingerprint density at radius 1 is 0.879 bits per heavy atom. The van der Waals surface area contributed by atoms with E-state index in [9.17, 15) is 14.4 Å². The largest absolute Gasteiger partial charge is 0.445 e. The number of amides is 1. The third-order valence-electron chi connectivity index (χ3n) is 4.61. The summed E-state index contributed by atoms with van der Waals surface area (Å²) in [5.41, 5.74) is 7.23. The first-order valence-electron chi connectivity index (χ1n) is 10.2. The van der Waals surface area contributed by atoms with E-state index in [1.54, 1.807) is 30.3 Å². The van der Waals surface area contributed by atoms with Gasteiger partial charge < -0.3 is 20.5 Å². The van der Waals surface area contributed by atoms with Crippen LogP contribution < -0.4 is 15.8 Å². The van der Waals surface area contributed by atoms with Crippen molar-refractivity contribution in [1.29, 1.82) is 5.41 Å². The quantitative estimate of drug-likeness (QED) is 0.152. The number of hydrogen-bond donors (Lipinski definition) is 3. The van der Waals surface area contributed by atoms with Crippen molar-refractivity contribution < 1.29 is 23.9 Å². The summed E-state index contributed by atoms with van der Waals surface area (Å²) in [5.74, 6) is -1.18. The molecule has 0 bridgehead atoms. The number of hydrogen-bond acceptors (Lipinski definition) is 6. The molecule has 0 atom stereocenters. The number of ether oxygens (including phenoxy) is 2. The number of esters is 1. The molecule has 0 saturated heterocycles. The molecule has 0 saturated carbocycles. The third kappa shape index (κ3) is 6.76. The van der Waals surface area contributed by atoms with Crippen molar-refractivity contribution in [2.75, 3.05) is 6.54 Å². The number of carbonyl (C=O) groups excluding carboxylic acids is 3. The predicted octanol–water partition coefficient (Wildman–Crippen LogP) is 3.42. The van der Waals surface area contributed by atoms with Crippen LogP contribution in [0.5, 0.6) is 5.75 Å². The van der Waals surface area contributed by atoms with Crippen molar-refractivity contribution in [3.63, 3.8) is 0 Å².